The first-order valence-corrected chi connectivity index (χ1v) is 8.96. The first-order chi connectivity index (χ1) is 13.2. The van der Waals surface area contributed by atoms with Gasteiger partial charge in [0.05, 0.1) is 29.2 Å². The Bertz CT molecular complexity index is 1020. The van der Waals surface area contributed by atoms with Gasteiger partial charge < -0.3 is 9.84 Å². The maximum absolute atomic E-state index is 13.0. The van der Waals surface area contributed by atoms with E-state index in [1.165, 1.54) is 6.92 Å². The zero-order valence-electron chi connectivity index (χ0n) is 15.4. The zero-order chi connectivity index (χ0) is 20.1. The highest BCUT2D eigenvalue weighted by atomic mass is 19.4. The van der Waals surface area contributed by atoms with E-state index in [2.05, 4.69) is 15.1 Å². The summed E-state index contributed by atoms with van der Waals surface area (Å²) in [6, 6.07) is 1.92. The minimum atomic E-state index is -4.53. The zero-order valence-corrected chi connectivity index (χ0v) is 15.4. The fraction of sp³-hybridized carbons (Fsp3) is 0.421. The van der Waals surface area contributed by atoms with Gasteiger partial charge in [-0.15, -0.1) is 0 Å². The molecule has 0 bridgehead atoms. The number of aryl methyl sites for hydroxylation is 2. The molecule has 148 valence electrons. The van der Waals surface area contributed by atoms with Crippen molar-refractivity contribution in [3.63, 3.8) is 0 Å². The molecule has 1 N–H and O–H groups in total. The van der Waals surface area contributed by atoms with Gasteiger partial charge in [-0.3, -0.25) is 4.68 Å². The summed E-state index contributed by atoms with van der Waals surface area (Å²) in [5, 5.41) is 14.8. The van der Waals surface area contributed by atoms with Crippen LogP contribution in [0.5, 0.6) is 5.75 Å². The average molecular weight is 392 g/mol. The van der Waals surface area contributed by atoms with Crippen LogP contribution in [-0.2, 0) is 10.9 Å². The second-order valence-electron chi connectivity index (χ2n) is 7.00. The van der Waals surface area contributed by atoms with Crippen LogP contribution in [0.3, 0.4) is 0 Å². The van der Waals surface area contributed by atoms with Gasteiger partial charge in [-0.25, -0.2) is 9.97 Å². The Morgan fingerprint density at radius 2 is 1.86 bits per heavy atom. The highest BCUT2D eigenvalue weighted by Crippen LogP contribution is 2.39. The molecule has 1 aliphatic rings. The largest absolute Gasteiger partial charge is 0.507 e. The fourth-order valence-electron chi connectivity index (χ4n) is 3.57. The molecule has 6 nitrogen and oxygen atoms in total. The highest BCUT2D eigenvalue weighted by Gasteiger charge is 2.32. The summed E-state index contributed by atoms with van der Waals surface area (Å²) in [5.41, 5.74) is 1.45. The Morgan fingerprint density at radius 1 is 1.14 bits per heavy atom. The molecule has 3 aromatic rings. The minimum Gasteiger partial charge on any atom is -0.507 e. The summed E-state index contributed by atoms with van der Waals surface area (Å²) >= 11 is 0. The lowest BCUT2D eigenvalue weighted by atomic mass is 9.99. The van der Waals surface area contributed by atoms with Crippen LogP contribution in [0.15, 0.2) is 18.3 Å². The van der Waals surface area contributed by atoms with Crippen LogP contribution < -0.4 is 0 Å². The van der Waals surface area contributed by atoms with E-state index in [0.717, 1.165) is 18.9 Å². The predicted molar refractivity (Wildman–Crippen MR) is 96.0 cm³/mol. The number of ether oxygens (including phenoxy) is 1. The van der Waals surface area contributed by atoms with E-state index < -0.39 is 17.5 Å². The van der Waals surface area contributed by atoms with Gasteiger partial charge in [0.25, 0.3) is 0 Å². The number of phenols is 1. The number of nitrogens with zero attached hydrogens (tertiary/aromatic N) is 4. The van der Waals surface area contributed by atoms with Gasteiger partial charge in [-0.05, 0) is 44.4 Å². The molecule has 9 heteroatoms. The van der Waals surface area contributed by atoms with Gasteiger partial charge >= 0.3 is 6.18 Å². The van der Waals surface area contributed by atoms with E-state index in [1.54, 1.807) is 6.92 Å². The summed E-state index contributed by atoms with van der Waals surface area (Å²) in [6.45, 7) is 4.57. The number of aromatic nitrogens is 4. The van der Waals surface area contributed by atoms with E-state index >= 15 is 0 Å². The normalized spacial score (nSPS) is 16.0. The molecule has 0 amide bonds. The van der Waals surface area contributed by atoms with Crippen molar-refractivity contribution in [2.45, 2.75) is 38.9 Å². The van der Waals surface area contributed by atoms with E-state index in [4.69, 9.17) is 4.74 Å². The first-order valence-electron chi connectivity index (χ1n) is 8.96. The lowest BCUT2D eigenvalue weighted by Crippen LogP contribution is -2.19. The second kappa shape index (κ2) is 6.73. The van der Waals surface area contributed by atoms with Crippen LogP contribution in [0.25, 0.3) is 22.4 Å². The van der Waals surface area contributed by atoms with Crippen molar-refractivity contribution >= 4 is 11.2 Å². The van der Waals surface area contributed by atoms with Gasteiger partial charge in [0.15, 0.2) is 5.65 Å². The van der Waals surface area contributed by atoms with Crippen LogP contribution in [0, 0.1) is 13.8 Å². The third-order valence-corrected chi connectivity index (χ3v) is 4.99. The van der Waals surface area contributed by atoms with Crippen LogP contribution in [0.2, 0.25) is 0 Å². The summed E-state index contributed by atoms with van der Waals surface area (Å²) in [4.78, 5) is 9.02. The molecule has 28 heavy (non-hydrogen) atoms. The molecule has 0 spiro atoms. The Morgan fingerprint density at radius 3 is 2.50 bits per heavy atom. The van der Waals surface area contributed by atoms with Crippen molar-refractivity contribution < 1.29 is 23.0 Å². The second-order valence-corrected chi connectivity index (χ2v) is 7.00. The van der Waals surface area contributed by atoms with Crippen molar-refractivity contribution in [3.05, 3.63) is 35.2 Å². The molecule has 0 radical (unpaired) electrons. The molecule has 3 heterocycles. The SMILES string of the molecule is Cc1cc(C(F)(F)F)cc(O)c1-c1nc2nn(C3CCOCC3)cc2nc1C. The summed E-state index contributed by atoms with van der Waals surface area (Å²) in [5.74, 6) is -0.479. The van der Waals surface area contributed by atoms with Crippen molar-refractivity contribution in [3.8, 4) is 17.0 Å². The number of benzene rings is 1. The Balaban J connectivity index is 1.80. The third-order valence-electron chi connectivity index (χ3n) is 4.99. The van der Waals surface area contributed by atoms with E-state index in [1.807, 2.05) is 10.9 Å². The third kappa shape index (κ3) is 3.30. The van der Waals surface area contributed by atoms with Crippen LogP contribution in [0.1, 0.15) is 35.7 Å². The molecule has 4 rings (SSSR count). The Hall–Kier alpha value is -2.68. The van der Waals surface area contributed by atoms with Crippen LogP contribution in [-0.4, -0.2) is 38.1 Å². The number of alkyl halides is 3. The van der Waals surface area contributed by atoms with E-state index in [-0.39, 0.29) is 17.2 Å². The maximum atomic E-state index is 13.0. The topological polar surface area (TPSA) is 73.1 Å². The number of fused-ring (bicyclic) bond motifs is 1. The number of hydrogen-bond acceptors (Lipinski definition) is 5. The van der Waals surface area contributed by atoms with Gasteiger partial charge in [0.1, 0.15) is 11.3 Å². The molecule has 0 aliphatic carbocycles. The van der Waals surface area contributed by atoms with Crippen molar-refractivity contribution in [2.24, 2.45) is 0 Å². The standard InChI is InChI=1S/C19H19F3N4O2/c1-10-7-12(19(20,21)22)8-15(27)16(10)17-11(2)23-14-9-26(25-18(14)24-17)13-3-5-28-6-4-13/h7-9,13,27H,3-6H2,1-2H3. The smallest absolute Gasteiger partial charge is 0.416 e. The van der Waals surface area contributed by atoms with Crippen LogP contribution >= 0.6 is 0 Å². The number of halogens is 3. The quantitative estimate of drug-likeness (QED) is 0.708. The Kier molecular flexibility index (Phi) is 4.49. The maximum Gasteiger partial charge on any atom is 0.416 e. The predicted octanol–water partition coefficient (Wildman–Crippen LogP) is 4.19. The highest BCUT2D eigenvalue weighted by molar-refractivity contribution is 5.79. The molecule has 1 saturated heterocycles. The van der Waals surface area contributed by atoms with Gasteiger partial charge in [-0.2, -0.15) is 18.3 Å². The van der Waals surface area contributed by atoms with E-state index in [9.17, 15) is 18.3 Å². The van der Waals surface area contributed by atoms with Crippen molar-refractivity contribution in [1.29, 1.82) is 0 Å². The molecule has 0 atom stereocenters. The number of phenolic OH excluding ortho intramolecular Hbond substituents is 1. The summed E-state index contributed by atoms with van der Waals surface area (Å²) < 4.78 is 46.2. The molecular weight excluding hydrogens is 373 g/mol. The number of hydrogen-bond donors (Lipinski definition) is 1. The van der Waals surface area contributed by atoms with Gasteiger partial charge in [-0.1, -0.05) is 0 Å². The molecule has 1 aliphatic heterocycles. The van der Waals surface area contributed by atoms with Gasteiger partial charge in [0.2, 0.25) is 0 Å². The minimum absolute atomic E-state index is 0.203. The van der Waals surface area contributed by atoms with Crippen LogP contribution in [0.4, 0.5) is 13.2 Å². The van der Waals surface area contributed by atoms with Gasteiger partial charge in [0, 0.05) is 18.8 Å². The molecule has 0 saturated carbocycles. The first kappa shape index (κ1) is 18.7. The molecule has 2 aromatic heterocycles. The lowest BCUT2D eigenvalue weighted by Gasteiger charge is -2.21. The molecule has 1 aromatic carbocycles. The monoisotopic (exact) mass is 392 g/mol. The number of aromatic hydroxyl groups is 1. The molecule has 0 unspecified atom stereocenters. The molecule has 1 fully saturated rings. The van der Waals surface area contributed by atoms with Crippen molar-refractivity contribution in [1.82, 2.24) is 19.7 Å². The van der Waals surface area contributed by atoms with E-state index in [0.29, 0.717) is 41.8 Å². The van der Waals surface area contributed by atoms with Crippen molar-refractivity contribution in [2.75, 3.05) is 13.2 Å². The summed E-state index contributed by atoms with van der Waals surface area (Å²) in [6.07, 6.45) is -1.01. The average Bonchev–Trinajstić information content (AvgIpc) is 3.04. The summed E-state index contributed by atoms with van der Waals surface area (Å²) in [7, 11) is 0. The fourth-order valence-corrected chi connectivity index (χ4v) is 3.57. The molecular formula is C19H19F3N4O2. The lowest BCUT2D eigenvalue weighted by molar-refractivity contribution is -0.137. The number of rotatable bonds is 2. The Labute approximate surface area is 159 Å².